The lowest BCUT2D eigenvalue weighted by molar-refractivity contribution is -0.130. The first-order valence-corrected chi connectivity index (χ1v) is 15.3. The van der Waals surface area contributed by atoms with Crippen LogP contribution >= 0.6 is 0 Å². The average molecular weight is 562 g/mol. The lowest BCUT2D eigenvalue weighted by Crippen LogP contribution is -2.52. The molecule has 0 spiro atoms. The Morgan fingerprint density at radius 2 is 1.71 bits per heavy atom. The molecule has 0 unspecified atom stereocenters. The summed E-state index contributed by atoms with van der Waals surface area (Å²) in [5.41, 5.74) is 2.98. The predicted octanol–water partition coefficient (Wildman–Crippen LogP) is 4.09. The van der Waals surface area contributed by atoms with Crippen molar-refractivity contribution in [2.24, 2.45) is 18.9 Å². The van der Waals surface area contributed by atoms with Crippen molar-refractivity contribution in [2.75, 3.05) is 6.54 Å². The molecule has 10 nitrogen and oxygen atoms in total. The van der Waals surface area contributed by atoms with Gasteiger partial charge in [-0.2, -0.15) is 5.10 Å². The van der Waals surface area contributed by atoms with Crippen molar-refractivity contribution >= 4 is 28.8 Å². The summed E-state index contributed by atoms with van der Waals surface area (Å²) < 4.78 is 1.59. The normalized spacial score (nSPS) is 18.1. The van der Waals surface area contributed by atoms with Gasteiger partial charge < -0.3 is 20.9 Å². The van der Waals surface area contributed by atoms with Crippen LogP contribution in [0.3, 0.4) is 0 Å². The standard InChI is InChI=1S/C31H43N7O3/c1-3-32-31(41)28(22-12-9-13-22)36-26(39)19-20-14-15-23-24(18-20)35-29(34-23)27(21-10-7-5-4-6-8-11-21)37-30(40)25-16-17-33-38(25)2/h14-18,21-22,27-28H,3-13,19H2,1-2H3,(H,32,41)(H,34,35)(H,36,39)(H,37,40)/t27-,28+/m0/s1. The van der Waals surface area contributed by atoms with E-state index in [-0.39, 0.29) is 42.0 Å². The highest BCUT2D eigenvalue weighted by molar-refractivity contribution is 5.93. The maximum absolute atomic E-state index is 13.3. The summed E-state index contributed by atoms with van der Waals surface area (Å²) in [5.74, 6) is 0.786. The number of aromatic amines is 1. The van der Waals surface area contributed by atoms with Crippen LogP contribution < -0.4 is 16.0 Å². The molecule has 3 aromatic rings. The molecular formula is C31H43N7O3. The number of benzene rings is 1. The highest BCUT2D eigenvalue weighted by Crippen LogP contribution is 2.33. The summed E-state index contributed by atoms with van der Waals surface area (Å²) in [6, 6.07) is 6.77. The van der Waals surface area contributed by atoms with Crippen LogP contribution in [0.5, 0.6) is 0 Å². The van der Waals surface area contributed by atoms with Gasteiger partial charge in [0.2, 0.25) is 11.8 Å². The molecule has 2 heterocycles. The number of hydrogen-bond donors (Lipinski definition) is 4. The van der Waals surface area contributed by atoms with Crippen LogP contribution in [0.15, 0.2) is 30.5 Å². The minimum absolute atomic E-state index is 0.104. The van der Waals surface area contributed by atoms with Crippen molar-refractivity contribution in [3.63, 3.8) is 0 Å². The highest BCUT2D eigenvalue weighted by Gasteiger charge is 2.33. The van der Waals surface area contributed by atoms with Crippen LogP contribution in [0, 0.1) is 11.8 Å². The molecule has 2 aliphatic rings. The van der Waals surface area contributed by atoms with Gasteiger partial charge in [-0.05, 0) is 68.2 Å². The second-order valence-corrected chi connectivity index (χ2v) is 11.7. The highest BCUT2D eigenvalue weighted by atomic mass is 16.2. The SMILES string of the molecule is CCNC(=O)[C@H](NC(=O)Cc1ccc2nc([C@@H](NC(=O)c3ccnn3C)C3CCCCCCC3)[nH]c2c1)C1CCC1. The quantitative estimate of drug-likeness (QED) is 0.296. The lowest BCUT2D eigenvalue weighted by atomic mass is 9.79. The number of amides is 3. The van der Waals surface area contributed by atoms with E-state index < -0.39 is 6.04 Å². The molecule has 3 amide bonds. The maximum atomic E-state index is 13.3. The number of nitrogens with one attached hydrogen (secondary N) is 4. The fraction of sp³-hybridized carbons (Fsp3) is 0.581. The summed E-state index contributed by atoms with van der Waals surface area (Å²) in [6.45, 7) is 2.43. The number of H-pyrrole nitrogens is 1. The fourth-order valence-electron chi connectivity index (χ4n) is 6.24. The van der Waals surface area contributed by atoms with E-state index >= 15 is 0 Å². The predicted molar refractivity (Wildman–Crippen MR) is 157 cm³/mol. The van der Waals surface area contributed by atoms with Crippen molar-refractivity contribution < 1.29 is 14.4 Å². The summed E-state index contributed by atoms with van der Waals surface area (Å²) >= 11 is 0. The van der Waals surface area contributed by atoms with E-state index in [4.69, 9.17) is 4.98 Å². The first kappa shape index (κ1) is 28.8. The van der Waals surface area contributed by atoms with Gasteiger partial charge in [0.05, 0.1) is 23.5 Å². The number of carbonyl (C=O) groups excluding carboxylic acids is 3. The molecule has 220 valence electrons. The molecule has 0 radical (unpaired) electrons. The van der Waals surface area contributed by atoms with Crippen LogP contribution in [0.4, 0.5) is 0 Å². The van der Waals surface area contributed by atoms with Gasteiger partial charge in [0.1, 0.15) is 17.6 Å². The Morgan fingerprint density at radius 1 is 0.976 bits per heavy atom. The Bertz CT molecular complexity index is 1350. The zero-order valence-corrected chi connectivity index (χ0v) is 24.2. The molecule has 5 rings (SSSR count). The molecular weight excluding hydrogens is 518 g/mol. The van der Waals surface area contributed by atoms with Gasteiger partial charge in [-0.3, -0.25) is 19.1 Å². The average Bonchev–Trinajstić information content (AvgIpc) is 3.52. The maximum Gasteiger partial charge on any atom is 0.270 e. The zero-order chi connectivity index (χ0) is 28.8. The first-order chi connectivity index (χ1) is 19.9. The Hall–Kier alpha value is -3.69. The van der Waals surface area contributed by atoms with E-state index in [1.54, 1.807) is 24.0 Å². The molecule has 2 aromatic heterocycles. The third-order valence-corrected chi connectivity index (χ3v) is 8.76. The lowest BCUT2D eigenvalue weighted by Gasteiger charge is -2.33. The van der Waals surface area contributed by atoms with E-state index in [1.165, 1.54) is 19.3 Å². The smallest absolute Gasteiger partial charge is 0.270 e. The van der Waals surface area contributed by atoms with Gasteiger partial charge in [-0.15, -0.1) is 0 Å². The molecule has 1 aromatic carbocycles. The van der Waals surface area contributed by atoms with Crippen molar-refractivity contribution in [2.45, 2.75) is 89.6 Å². The molecule has 10 heteroatoms. The van der Waals surface area contributed by atoms with E-state index in [0.717, 1.165) is 67.4 Å². The summed E-state index contributed by atoms with van der Waals surface area (Å²) in [6.07, 6.45) is 12.9. The summed E-state index contributed by atoms with van der Waals surface area (Å²) in [7, 11) is 1.77. The second-order valence-electron chi connectivity index (χ2n) is 11.7. The number of fused-ring (bicyclic) bond motifs is 1. The van der Waals surface area contributed by atoms with E-state index in [2.05, 4.69) is 26.0 Å². The molecule has 2 fully saturated rings. The third kappa shape index (κ3) is 6.97. The second kappa shape index (κ2) is 13.3. The monoisotopic (exact) mass is 561 g/mol. The van der Waals surface area contributed by atoms with E-state index in [1.807, 2.05) is 25.1 Å². The van der Waals surface area contributed by atoms with Crippen molar-refractivity contribution in [1.82, 2.24) is 35.7 Å². The van der Waals surface area contributed by atoms with Gasteiger partial charge in [0.25, 0.3) is 5.91 Å². The van der Waals surface area contributed by atoms with Crippen LogP contribution in [-0.2, 0) is 23.1 Å². The van der Waals surface area contributed by atoms with Crippen molar-refractivity contribution in [1.29, 1.82) is 0 Å². The molecule has 2 saturated carbocycles. The minimum atomic E-state index is -0.480. The molecule has 41 heavy (non-hydrogen) atoms. The van der Waals surface area contributed by atoms with Crippen LogP contribution in [0.25, 0.3) is 11.0 Å². The number of hydrogen-bond acceptors (Lipinski definition) is 5. The summed E-state index contributed by atoms with van der Waals surface area (Å²) in [4.78, 5) is 47.2. The number of rotatable bonds is 10. The number of likely N-dealkylation sites (N-methyl/N-ethyl adjacent to an activating group) is 1. The van der Waals surface area contributed by atoms with Gasteiger partial charge in [-0.25, -0.2) is 4.98 Å². The number of aryl methyl sites for hydroxylation is 1. The largest absolute Gasteiger partial charge is 0.355 e. The van der Waals surface area contributed by atoms with Crippen LogP contribution in [-0.4, -0.2) is 50.1 Å². The Kier molecular flexibility index (Phi) is 9.36. The van der Waals surface area contributed by atoms with E-state index in [0.29, 0.717) is 12.2 Å². The van der Waals surface area contributed by atoms with Gasteiger partial charge in [0, 0.05) is 19.8 Å². The Labute approximate surface area is 241 Å². The number of nitrogens with zero attached hydrogens (tertiary/aromatic N) is 3. The van der Waals surface area contributed by atoms with Gasteiger partial charge in [0.15, 0.2) is 0 Å². The molecule has 0 bridgehead atoms. The van der Waals surface area contributed by atoms with Crippen molar-refractivity contribution in [3.05, 3.63) is 47.5 Å². The molecule has 2 atom stereocenters. The zero-order valence-electron chi connectivity index (χ0n) is 24.2. The molecule has 0 aliphatic heterocycles. The number of aromatic nitrogens is 4. The Balaban J connectivity index is 1.34. The molecule has 0 saturated heterocycles. The number of carbonyl (C=O) groups is 3. The van der Waals surface area contributed by atoms with Gasteiger partial charge in [-0.1, -0.05) is 44.6 Å². The first-order valence-electron chi connectivity index (χ1n) is 15.3. The van der Waals surface area contributed by atoms with Gasteiger partial charge >= 0.3 is 0 Å². The third-order valence-electron chi connectivity index (χ3n) is 8.76. The van der Waals surface area contributed by atoms with E-state index in [9.17, 15) is 14.4 Å². The summed E-state index contributed by atoms with van der Waals surface area (Å²) in [5, 5.41) is 13.3. The van der Waals surface area contributed by atoms with Crippen molar-refractivity contribution in [3.8, 4) is 0 Å². The minimum Gasteiger partial charge on any atom is -0.355 e. The molecule has 4 N–H and O–H groups in total. The topological polar surface area (TPSA) is 134 Å². The number of imidazole rings is 1. The fourth-order valence-corrected chi connectivity index (χ4v) is 6.24. The van der Waals surface area contributed by atoms with Crippen LogP contribution in [0.1, 0.15) is 99.1 Å². The molecule has 2 aliphatic carbocycles. The Morgan fingerprint density at radius 3 is 2.37 bits per heavy atom. The van der Waals surface area contributed by atoms with Crippen LogP contribution in [0.2, 0.25) is 0 Å².